The van der Waals surface area contributed by atoms with Crippen LogP contribution in [-0.2, 0) is 11.2 Å². The molecule has 1 aliphatic rings. The third kappa shape index (κ3) is 4.04. The molecule has 0 fully saturated rings. The van der Waals surface area contributed by atoms with Gasteiger partial charge in [0.2, 0.25) is 5.91 Å². The lowest BCUT2D eigenvalue weighted by atomic mass is 10.1. The molecule has 2 aromatic carbocycles. The van der Waals surface area contributed by atoms with E-state index >= 15 is 0 Å². The Hall–Kier alpha value is -2.47. The normalized spacial score (nSPS) is 13.5. The van der Waals surface area contributed by atoms with Crippen molar-refractivity contribution in [3.63, 3.8) is 0 Å². The van der Waals surface area contributed by atoms with E-state index in [1.165, 1.54) is 12.1 Å². The second-order valence-electron chi connectivity index (χ2n) is 5.36. The van der Waals surface area contributed by atoms with E-state index in [1.54, 1.807) is 12.1 Å². The number of halogens is 1. The zero-order valence-corrected chi connectivity index (χ0v) is 13.2. The molecule has 2 aromatic rings. The van der Waals surface area contributed by atoms with Gasteiger partial charge in [0.25, 0.3) is 0 Å². The molecule has 0 aromatic heterocycles. The van der Waals surface area contributed by atoms with Crippen LogP contribution in [0.1, 0.15) is 18.4 Å². The van der Waals surface area contributed by atoms with Crippen LogP contribution in [0.25, 0.3) is 0 Å². The molecule has 1 aliphatic heterocycles. The van der Waals surface area contributed by atoms with Gasteiger partial charge in [-0.25, -0.2) is 4.39 Å². The molecule has 0 unspecified atom stereocenters. The van der Waals surface area contributed by atoms with Gasteiger partial charge in [-0.15, -0.1) is 0 Å². The van der Waals surface area contributed by atoms with Gasteiger partial charge in [-0.05, 0) is 67.0 Å². The van der Waals surface area contributed by atoms with Crippen molar-refractivity contribution in [1.82, 2.24) is 0 Å². The first-order valence-electron chi connectivity index (χ1n) is 7.36. The third-order valence-electron chi connectivity index (χ3n) is 3.59. The third-order valence-corrected chi connectivity index (χ3v) is 3.80. The van der Waals surface area contributed by atoms with Gasteiger partial charge < -0.3 is 16.0 Å². The Balaban J connectivity index is 1.69. The first kappa shape index (κ1) is 15.4. The average molecular weight is 329 g/mol. The smallest absolute Gasteiger partial charge is 0.224 e. The highest BCUT2D eigenvalue weighted by Gasteiger charge is 2.13. The van der Waals surface area contributed by atoms with Crippen molar-refractivity contribution in [3.8, 4) is 0 Å². The van der Waals surface area contributed by atoms with E-state index in [4.69, 9.17) is 12.2 Å². The van der Waals surface area contributed by atoms with E-state index in [1.807, 2.05) is 18.2 Å². The summed E-state index contributed by atoms with van der Waals surface area (Å²) in [6.07, 6.45) is 2.28. The van der Waals surface area contributed by atoms with Gasteiger partial charge in [0, 0.05) is 23.5 Å². The quantitative estimate of drug-likeness (QED) is 0.731. The molecular weight excluding hydrogens is 313 g/mol. The maximum absolute atomic E-state index is 12.9. The molecule has 3 rings (SSSR count). The topological polar surface area (TPSA) is 53.2 Å². The van der Waals surface area contributed by atoms with Crippen LogP contribution in [0.2, 0.25) is 0 Å². The van der Waals surface area contributed by atoms with E-state index in [0.29, 0.717) is 17.2 Å². The average Bonchev–Trinajstić information content (AvgIpc) is 2.69. The molecule has 6 heteroatoms. The standard InChI is InChI=1S/C17H16FN3OS/c18-12-5-8-13(9-6-12)19-17(23)20-14-7-4-11-2-1-3-16(22)21-15(11)10-14/h4-10H,1-3H2,(H,21,22)(H2,19,20,23). The van der Waals surface area contributed by atoms with Crippen molar-refractivity contribution in [1.29, 1.82) is 0 Å². The maximum Gasteiger partial charge on any atom is 0.224 e. The monoisotopic (exact) mass is 329 g/mol. The number of carbonyl (C=O) groups is 1. The van der Waals surface area contributed by atoms with Crippen LogP contribution in [-0.4, -0.2) is 11.0 Å². The van der Waals surface area contributed by atoms with Crippen LogP contribution in [0.15, 0.2) is 42.5 Å². The summed E-state index contributed by atoms with van der Waals surface area (Å²) in [4.78, 5) is 11.6. The van der Waals surface area contributed by atoms with Gasteiger partial charge >= 0.3 is 0 Å². The highest BCUT2D eigenvalue weighted by Crippen LogP contribution is 2.25. The Morgan fingerprint density at radius 3 is 2.52 bits per heavy atom. The van der Waals surface area contributed by atoms with Crippen molar-refractivity contribution in [3.05, 3.63) is 53.8 Å². The van der Waals surface area contributed by atoms with E-state index in [2.05, 4.69) is 16.0 Å². The Morgan fingerprint density at radius 1 is 1.04 bits per heavy atom. The number of rotatable bonds is 2. The molecule has 0 saturated carbocycles. The van der Waals surface area contributed by atoms with Crippen LogP contribution in [0, 0.1) is 5.82 Å². The Morgan fingerprint density at radius 2 is 1.74 bits per heavy atom. The molecule has 0 bridgehead atoms. The van der Waals surface area contributed by atoms with Gasteiger partial charge in [0.1, 0.15) is 5.82 Å². The number of aryl methyl sites for hydroxylation is 1. The van der Waals surface area contributed by atoms with Crippen molar-refractivity contribution in [2.45, 2.75) is 19.3 Å². The predicted molar refractivity (Wildman–Crippen MR) is 94.3 cm³/mol. The molecule has 0 saturated heterocycles. The summed E-state index contributed by atoms with van der Waals surface area (Å²) >= 11 is 5.25. The fourth-order valence-corrected chi connectivity index (χ4v) is 2.70. The molecule has 0 radical (unpaired) electrons. The number of amides is 1. The summed E-state index contributed by atoms with van der Waals surface area (Å²) < 4.78 is 12.9. The second kappa shape index (κ2) is 6.75. The molecular formula is C17H16FN3OS. The summed E-state index contributed by atoms with van der Waals surface area (Å²) in [5.41, 5.74) is 3.43. The van der Waals surface area contributed by atoms with Gasteiger partial charge in [-0.3, -0.25) is 4.79 Å². The number of thiocarbonyl (C=S) groups is 1. The van der Waals surface area contributed by atoms with Crippen LogP contribution in [0.3, 0.4) is 0 Å². The highest BCUT2D eigenvalue weighted by molar-refractivity contribution is 7.80. The maximum atomic E-state index is 12.9. The molecule has 0 aliphatic carbocycles. The number of benzene rings is 2. The Labute approximate surface area is 139 Å². The van der Waals surface area contributed by atoms with Crippen molar-refractivity contribution >= 4 is 40.3 Å². The van der Waals surface area contributed by atoms with Gasteiger partial charge in [-0.1, -0.05) is 6.07 Å². The molecule has 1 amide bonds. The predicted octanol–water partition coefficient (Wildman–Crippen LogP) is 3.91. The first-order valence-corrected chi connectivity index (χ1v) is 7.77. The lowest BCUT2D eigenvalue weighted by molar-refractivity contribution is -0.116. The molecule has 23 heavy (non-hydrogen) atoms. The fourth-order valence-electron chi connectivity index (χ4n) is 2.47. The fraction of sp³-hybridized carbons (Fsp3) is 0.176. The molecule has 3 N–H and O–H groups in total. The Bertz CT molecular complexity index is 746. The number of carbonyl (C=O) groups excluding carboxylic acids is 1. The second-order valence-corrected chi connectivity index (χ2v) is 5.77. The molecule has 4 nitrogen and oxygen atoms in total. The number of hydrogen-bond donors (Lipinski definition) is 3. The SMILES string of the molecule is O=C1CCCc2ccc(NC(=S)Nc3ccc(F)cc3)cc2N1. The minimum atomic E-state index is -0.295. The van der Waals surface area contributed by atoms with Crippen molar-refractivity contribution in [2.24, 2.45) is 0 Å². The summed E-state index contributed by atoms with van der Waals surface area (Å²) in [5, 5.41) is 9.36. The van der Waals surface area contributed by atoms with Gasteiger partial charge in [-0.2, -0.15) is 0 Å². The van der Waals surface area contributed by atoms with Crippen LogP contribution in [0.4, 0.5) is 21.5 Å². The van der Waals surface area contributed by atoms with E-state index in [-0.39, 0.29) is 11.7 Å². The van der Waals surface area contributed by atoms with Gasteiger partial charge in [0.15, 0.2) is 5.11 Å². The Kier molecular flexibility index (Phi) is 4.52. The van der Waals surface area contributed by atoms with Crippen LogP contribution >= 0.6 is 12.2 Å². The summed E-state index contributed by atoms with van der Waals surface area (Å²) in [7, 11) is 0. The van der Waals surface area contributed by atoms with Crippen molar-refractivity contribution < 1.29 is 9.18 Å². The lowest BCUT2D eigenvalue weighted by Crippen LogP contribution is -2.19. The molecule has 118 valence electrons. The first-order chi connectivity index (χ1) is 11.1. The van der Waals surface area contributed by atoms with Crippen LogP contribution in [0.5, 0.6) is 0 Å². The van der Waals surface area contributed by atoms with E-state index in [0.717, 1.165) is 29.8 Å². The zero-order valence-electron chi connectivity index (χ0n) is 12.4. The largest absolute Gasteiger partial charge is 0.332 e. The summed E-state index contributed by atoms with van der Waals surface area (Å²) in [6, 6.07) is 11.7. The van der Waals surface area contributed by atoms with Crippen LogP contribution < -0.4 is 16.0 Å². The molecule has 0 atom stereocenters. The molecule has 1 heterocycles. The highest BCUT2D eigenvalue weighted by atomic mass is 32.1. The minimum Gasteiger partial charge on any atom is -0.332 e. The number of anilines is 3. The van der Waals surface area contributed by atoms with E-state index < -0.39 is 0 Å². The summed E-state index contributed by atoms with van der Waals surface area (Å²) in [6.45, 7) is 0. The van der Waals surface area contributed by atoms with Crippen molar-refractivity contribution in [2.75, 3.05) is 16.0 Å². The minimum absolute atomic E-state index is 0.0351. The van der Waals surface area contributed by atoms with E-state index in [9.17, 15) is 9.18 Å². The zero-order chi connectivity index (χ0) is 16.2. The number of fused-ring (bicyclic) bond motifs is 1. The molecule has 0 spiro atoms. The summed E-state index contributed by atoms with van der Waals surface area (Å²) in [5.74, 6) is -0.260. The number of nitrogens with one attached hydrogen (secondary N) is 3. The number of hydrogen-bond acceptors (Lipinski definition) is 2. The van der Waals surface area contributed by atoms with Gasteiger partial charge in [0.05, 0.1) is 0 Å². The lowest BCUT2D eigenvalue weighted by Gasteiger charge is -2.13.